The number of hydrazine groups is 1. The molecule has 2 amide bonds. The van der Waals surface area contributed by atoms with Crippen LogP contribution >= 0.6 is 44.1 Å². The molecule has 0 aliphatic rings. The summed E-state index contributed by atoms with van der Waals surface area (Å²) in [5.41, 5.74) is 5.75. The lowest BCUT2D eigenvalue weighted by atomic mass is 10.2. The Labute approximate surface area is 169 Å². The van der Waals surface area contributed by atoms with Crippen LogP contribution in [0, 0.1) is 6.92 Å². The zero-order chi connectivity index (χ0) is 18.8. The zero-order valence-electron chi connectivity index (χ0n) is 14.1. The number of thiocarbonyl (C=S) groups is 1. The van der Waals surface area contributed by atoms with E-state index < -0.39 is 5.91 Å². The van der Waals surface area contributed by atoms with Gasteiger partial charge in [0.15, 0.2) is 11.7 Å². The van der Waals surface area contributed by atoms with Crippen LogP contribution in [-0.2, 0) is 9.59 Å². The average molecular weight is 495 g/mol. The molecule has 1 rings (SSSR count). The van der Waals surface area contributed by atoms with Gasteiger partial charge in [-0.2, -0.15) is 0 Å². The maximum absolute atomic E-state index is 11.8. The first-order valence-electron chi connectivity index (χ1n) is 7.80. The second-order valence-corrected chi connectivity index (χ2v) is 7.51. The van der Waals surface area contributed by atoms with Crippen LogP contribution in [0.1, 0.15) is 38.2 Å². The number of amides is 2. The minimum absolute atomic E-state index is 0.0517. The van der Waals surface area contributed by atoms with E-state index in [2.05, 4.69) is 55.0 Å². The van der Waals surface area contributed by atoms with Gasteiger partial charge >= 0.3 is 0 Å². The summed E-state index contributed by atoms with van der Waals surface area (Å²) in [6.07, 6.45) is 3.25. The Bertz CT molecular complexity index is 618. The molecule has 0 aromatic heterocycles. The minimum atomic E-state index is -0.420. The molecule has 0 heterocycles. The minimum Gasteiger partial charge on any atom is -0.482 e. The van der Waals surface area contributed by atoms with Crippen LogP contribution in [0.2, 0.25) is 0 Å². The molecule has 0 atom stereocenters. The molecule has 1 aromatic rings. The number of hydrogen-bond donors (Lipinski definition) is 3. The summed E-state index contributed by atoms with van der Waals surface area (Å²) in [7, 11) is 0. The molecule has 0 radical (unpaired) electrons. The van der Waals surface area contributed by atoms with Crippen molar-refractivity contribution >= 4 is 61.0 Å². The van der Waals surface area contributed by atoms with E-state index in [0.717, 1.165) is 33.8 Å². The summed E-state index contributed by atoms with van der Waals surface area (Å²) in [6.45, 7) is 3.75. The van der Waals surface area contributed by atoms with Gasteiger partial charge in [0.1, 0.15) is 5.75 Å². The highest BCUT2D eigenvalue weighted by molar-refractivity contribution is 9.11. The number of hydrogen-bond acceptors (Lipinski definition) is 4. The van der Waals surface area contributed by atoms with Gasteiger partial charge in [0.25, 0.3) is 5.91 Å². The van der Waals surface area contributed by atoms with Gasteiger partial charge in [0.2, 0.25) is 5.91 Å². The van der Waals surface area contributed by atoms with Crippen molar-refractivity contribution in [1.82, 2.24) is 16.2 Å². The van der Waals surface area contributed by atoms with E-state index in [1.807, 2.05) is 19.1 Å². The van der Waals surface area contributed by atoms with Crippen molar-refractivity contribution in [2.24, 2.45) is 0 Å². The van der Waals surface area contributed by atoms with Crippen molar-refractivity contribution in [3.63, 3.8) is 0 Å². The summed E-state index contributed by atoms with van der Waals surface area (Å²) in [5, 5.41) is 2.56. The quantitative estimate of drug-likeness (QED) is 0.307. The van der Waals surface area contributed by atoms with E-state index in [-0.39, 0.29) is 17.6 Å². The van der Waals surface area contributed by atoms with Crippen LogP contribution in [0.25, 0.3) is 0 Å². The highest BCUT2D eigenvalue weighted by Crippen LogP contribution is 2.32. The smallest absolute Gasteiger partial charge is 0.276 e. The normalized spacial score (nSPS) is 10.1. The van der Waals surface area contributed by atoms with Gasteiger partial charge in [-0.3, -0.25) is 20.4 Å². The number of carbonyl (C=O) groups excluding carboxylic acids is 2. The number of unbranched alkanes of at least 4 members (excludes halogenated alkanes) is 2. The molecule has 0 fully saturated rings. The number of benzene rings is 1. The summed E-state index contributed by atoms with van der Waals surface area (Å²) in [6, 6.07) is 3.72. The van der Waals surface area contributed by atoms with Crippen molar-refractivity contribution in [3.05, 3.63) is 26.6 Å². The molecule has 6 nitrogen and oxygen atoms in total. The molecular formula is C16H21Br2N3O3S. The third kappa shape index (κ3) is 8.64. The Balaban J connectivity index is 2.33. The molecular weight excluding hydrogens is 474 g/mol. The fourth-order valence-electron chi connectivity index (χ4n) is 1.93. The number of carbonyl (C=O) groups is 2. The average Bonchev–Trinajstić information content (AvgIpc) is 2.52. The predicted molar refractivity (Wildman–Crippen MR) is 108 cm³/mol. The first-order valence-corrected chi connectivity index (χ1v) is 9.80. The molecule has 138 valence electrons. The van der Waals surface area contributed by atoms with Gasteiger partial charge in [0.05, 0.1) is 4.47 Å². The maximum Gasteiger partial charge on any atom is 0.276 e. The number of ether oxygens (including phenoxy) is 1. The molecule has 3 N–H and O–H groups in total. The lowest BCUT2D eigenvalue weighted by molar-refractivity contribution is -0.124. The van der Waals surface area contributed by atoms with Gasteiger partial charge in [-0.25, -0.2) is 0 Å². The molecule has 0 aliphatic heterocycles. The van der Waals surface area contributed by atoms with Crippen molar-refractivity contribution in [2.45, 2.75) is 39.5 Å². The zero-order valence-corrected chi connectivity index (χ0v) is 18.1. The van der Waals surface area contributed by atoms with Gasteiger partial charge in [-0.1, -0.05) is 35.7 Å². The monoisotopic (exact) mass is 493 g/mol. The summed E-state index contributed by atoms with van der Waals surface area (Å²) in [4.78, 5) is 23.4. The summed E-state index contributed by atoms with van der Waals surface area (Å²) >= 11 is 11.7. The van der Waals surface area contributed by atoms with E-state index in [9.17, 15) is 9.59 Å². The topological polar surface area (TPSA) is 79.5 Å². The molecule has 9 heteroatoms. The lowest BCUT2D eigenvalue weighted by Crippen LogP contribution is -2.49. The van der Waals surface area contributed by atoms with Crippen molar-refractivity contribution < 1.29 is 14.3 Å². The van der Waals surface area contributed by atoms with Crippen molar-refractivity contribution in [3.8, 4) is 5.75 Å². The number of rotatable bonds is 7. The van der Waals surface area contributed by atoms with Crippen LogP contribution in [0.4, 0.5) is 0 Å². The second kappa shape index (κ2) is 11.4. The first kappa shape index (κ1) is 21.9. The highest BCUT2D eigenvalue weighted by Gasteiger charge is 2.10. The Hall–Kier alpha value is -1.19. The Morgan fingerprint density at radius 2 is 1.88 bits per heavy atom. The molecule has 25 heavy (non-hydrogen) atoms. The number of halogens is 2. The standard InChI is InChI=1S/C16H21Br2N3O3S/c1-3-4-5-6-13(22)19-16(25)21-20-14(23)9-24-15-10(2)7-11(17)8-12(15)18/h7-8H,3-6,9H2,1-2H3,(H,20,23)(H2,19,21,22,25). The van der Waals surface area contributed by atoms with Crippen LogP contribution < -0.4 is 20.9 Å². The van der Waals surface area contributed by atoms with E-state index in [4.69, 9.17) is 17.0 Å². The Morgan fingerprint density at radius 3 is 2.52 bits per heavy atom. The van der Waals surface area contributed by atoms with Gasteiger partial charge in [-0.15, -0.1) is 0 Å². The number of aryl methyl sites for hydroxylation is 1. The molecule has 0 bridgehead atoms. The summed E-state index contributed by atoms with van der Waals surface area (Å²) < 4.78 is 7.17. The SMILES string of the molecule is CCCCCC(=O)NC(=S)NNC(=O)COc1c(C)cc(Br)cc1Br. The molecule has 0 unspecified atom stereocenters. The van der Waals surface area contributed by atoms with E-state index in [0.29, 0.717) is 12.2 Å². The van der Waals surface area contributed by atoms with Crippen molar-refractivity contribution in [2.75, 3.05) is 6.61 Å². The molecule has 0 saturated heterocycles. The Morgan fingerprint density at radius 1 is 1.16 bits per heavy atom. The van der Waals surface area contributed by atoms with Crippen LogP contribution in [-0.4, -0.2) is 23.5 Å². The van der Waals surface area contributed by atoms with E-state index >= 15 is 0 Å². The van der Waals surface area contributed by atoms with Crippen molar-refractivity contribution in [1.29, 1.82) is 0 Å². The van der Waals surface area contributed by atoms with Gasteiger partial charge < -0.3 is 10.1 Å². The molecule has 0 saturated carbocycles. The fourth-order valence-corrected chi connectivity index (χ4v) is 3.65. The lowest BCUT2D eigenvalue weighted by Gasteiger charge is -2.13. The third-order valence-corrected chi connectivity index (χ3v) is 4.37. The largest absolute Gasteiger partial charge is 0.482 e. The molecule has 1 aromatic carbocycles. The Kier molecular flexibility index (Phi) is 9.99. The third-order valence-electron chi connectivity index (χ3n) is 3.12. The van der Waals surface area contributed by atoms with Crippen LogP contribution in [0.3, 0.4) is 0 Å². The first-order chi connectivity index (χ1) is 11.8. The summed E-state index contributed by atoms with van der Waals surface area (Å²) in [5.74, 6) is -0.00665. The molecule has 0 aliphatic carbocycles. The van der Waals surface area contributed by atoms with Crippen LogP contribution in [0.15, 0.2) is 21.1 Å². The van der Waals surface area contributed by atoms with Gasteiger partial charge in [0, 0.05) is 10.9 Å². The number of nitrogens with one attached hydrogen (secondary N) is 3. The van der Waals surface area contributed by atoms with Crippen LogP contribution in [0.5, 0.6) is 5.75 Å². The second-order valence-electron chi connectivity index (χ2n) is 5.33. The predicted octanol–water partition coefficient (Wildman–Crippen LogP) is 3.50. The fraction of sp³-hybridized carbons (Fsp3) is 0.438. The van der Waals surface area contributed by atoms with E-state index in [1.54, 1.807) is 0 Å². The highest BCUT2D eigenvalue weighted by atomic mass is 79.9. The maximum atomic E-state index is 11.8. The molecule has 0 spiro atoms. The van der Waals surface area contributed by atoms with E-state index in [1.165, 1.54) is 0 Å². The van der Waals surface area contributed by atoms with Gasteiger partial charge in [-0.05, 0) is 59.2 Å².